The molecule has 1 aliphatic heterocycles. The van der Waals surface area contributed by atoms with E-state index in [0.29, 0.717) is 23.5 Å². The molecule has 0 bridgehead atoms. The maximum Gasteiger partial charge on any atom is 0.265 e. The number of anilines is 1. The molecule has 2 aromatic rings. The fourth-order valence-electron chi connectivity index (χ4n) is 2.90. The quantitative estimate of drug-likeness (QED) is 0.883. The number of hydrogen-bond donors (Lipinski definition) is 2. The number of carbonyl (C=O) groups is 2. The molecule has 0 spiro atoms. The fourth-order valence-corrected chi connectivity index (χ4v) is 2.90. The van der Waals surface area contributed by atoms with Crippen LogP contribution in [0.3, 0.4) is 0 Å². The maximum absolute atomic E-state index is 12.5. The van der Waals surface area contributed by atoms with Crippen molar-refractivity contribution in [2.75, 3.05) is 5.32 Å². The summed E-state index contributed by atoms with van der Waals surface area (Å²) in [5, 5.41) is 5.64. The third kappa shape index (κ3) is 3.72. The number of fused-ring (bicyclic) bond motifs is 1. The van der Waals surface area contributed by atoms with E-state index in [1.54, 1.807) is 25.1 Å². The van der Waals surface area contributed by atoms with Crippen LogP contribution < -0.4 is 15.4 Å². The third-order valence-electron chi connectivity index (χ3n) is 4.49. The molecule has 1 atom stereocenters. The first-order valence-electron chi connectivity index (χ1n) is 8.74. The molecule has 0 fully saturated rings. The second-order valence-corrected chi connectivity index (χ2v) is 7.54. The summed E-state index contributed by atoms with van der Waals surface area (Å²) >= 11 is 0. The number of carbonyl (C=O) groups excluding carboxylic acids is 2. The highest BCUT2D eigenvalue weighted by atomic mass is 16.5. The Bertz CT molecular complexity index is 853. The van der Waals surface area contributed by atoms with E-state index in [9.17, 15) is 9.59 Å². The lowest BCUT2D eigenvalue weighted by molar-refractivity contribution is -0.122. The fraction of sp³-hybridized carbons (Fsp3) is 0.333. The lowest BCUT2D eigenvalue weighted by Crippen LogP contribution is -2.30. The lowest BCUT2D eigenvalue weighted by atomic mass is 9.87. The average Bonchev–Trinajstić information content (AvgIpc) is 2.97. The summed E-state index contributed by atoms with van der Waals surface area (Å²) in [6.45, 7) is 8.54. The Morgan fingerprint density at radius 1 is 1.19 bits per heavy atom. The minimum absolute atomic E-state index is 0.00893. The summed E-state index contributed by atoms with van der Waals surface area (Å²) in [5.74, 6) is 0.300. The van der Waals surface area contributed by atoms with Crippen molar-refractivity contribution in [2.45, 2.75) is 45.8 Å². The molecular weight excluding hydrogens is 328 g/mol. The molecule has 0 radical (unpaired) electrons. The Morgan fingerprint density at radius 3 is 2.65 bits per heavy atom. The first-order chi connectivity index (χ1) is 12.3. The SMILES string of the molecule is C[C@@H](Oc1cccc(C(C)(C)C)c1)C(=O)Nc1cccc2c1CNC2=O. The van der Waals surface area contributed by atoms with E-state index in [0.717, 1.165) is 11.1 Å². The summed E-state index contributed by atoms with van der Waals surface area (Å²) in [7, 11) is 0. The van der Waals surface area contributed by atoms with E-state index in [1.165, 1.54) is 0 Å². The van der Waals surface area contributed by atoms with Crippen molar-refractivity contribution in [3.8, 4) is 5.75 Å². The average molecular weight is 352 g/mol. The Kier molecular flexibility index (Phi) is 4.72. The van der Waals surface area contributed by atoms with Crippen LogP contribution in [0.5, 0.6) is 5.75 Å². The molecule has 0 aliphatic carbocycles. The zero-order chi connectivity index (χ0) is 18.9. The second-order valence-electron chi connectivity index (χ2n) is 7.54. The molecule has 5 nitrogen and oxygen atoms in total. The van der Waals surface area contributed by atoms with Crippen molar-refractivity contribution < 1.29 is 14.3 Å². The van der Waals surface area contributed by atoms with Crippen molar-refractivity contribution >= 4 is 17.5 Å². The molecule has 0 unspecified atom stereocenters. The number of hydrogen-bond acceptors (Lipinski definition) is 3. The van der Waals surface area contributed by atoms with Gasteiger partial charge in [0.25, 0.3) is 11.8 Å². The van der Waals surface area contributed by atoms with Crippen molar-refractivity contribution in [3.63, 3.8) is 0 Å². The van der Waals surface area contributed by atoms with E-state index in [4.69, 9.17) is 4.74 Å². The van der Waals surface area contributed by atoms with E-state index in [1.807, 2.05) is 18.2 Å². The second kappa shape index (κ2) is 6.83. The molecule has 5 heteroatoms. The number of benzene rings is 2. The van der Waals surface area contributed by atoms with Crippen LogP contribution >= 0.6 is 0 Å². The molecule has 3 rings (SSSR count). The highest BCUT2D eigenvalue weighted by molar-refractivity contribution is 6.02. The van der Waals surface area contributed by atoms with Crippen LogP contribution in [0.1, 0.15) is 49.2 Å². The number of ether oxygens (including phenoxy) is 1. The molecule has 2 amide bonds. The number of rotatable bonds is 4. The first kappa shape index (κ1) is 18.0. The van der Waals surface area contributed by atoms with Crippen LogP contribution in [0.15, 0.2) is 42.5 Å². The van der Waals surface area contributed by atoms with Gasteiger partial charge < -0.3 is 15.4 Å². The zero-order valence-electron chi connectivity index (χ0n) is 15.6. The van der Waals surface area contributed by atoms with Gasteiger partial charge in [0.05, 0.1) is 0 Å². The van der Waals surface area contributed by atoms with E-state index < -0.39 is 6.10 Å². The molecule has 26 heavy (non-hydrogen) atoms. The molecule has 0 saturated heterocycles. The minimum atomic E-state index is -0.661. The maximum atomic E-state index is 12.5. The number of amides is 2. The Morgan fingerprint density at radius 2 is 1.92 bits per heavy atom. The van der Waals surface area contributed by atoms with Gasteiger partial charge in [0, 0.05) is 23.4 Å². The molecule has 1 heterocycles. The molecule has 1 aliphatic rings. The van der Waals surface area contributed by atoms with E-state index in [-0.39, 0.29) is 17.2 Å². The van der Waals surface area contributed by atoms with Crippen LogP contribution in [0.4, 0.5) is 5.69 Å². The van der Waals surface area contributed by atoms with Gasteiger partial charge in [0.15, 0.2) is 6.10 Å². The van der Waals surface area contributed by atoms with Gasteiger partial charge in [-0.15, -0.1) is 0 Å². The predicted octanol–water partition coefficient (Wildman–Crippen LogP) is 3.63. The lowest BCUT2D eigenvalue weighted by Gasteiger charge is -2.21. The normalized spacial score (nSPS) is 14.4. The molecule has 0 saturated carbocycles. The summed E-state index contributed by atoms with van der Waals surface area (Å²) in [6.07, 6.45) is -0.661. The van der Waals surface area contributed by atoms with Gasteiger partial charge in [-0.3, -0.25) is 9.59 Å². The minimum Gasteiger partial charge on any atom is -0.481 e. The monoisotopic (exact) mass is 352 g/mol. The van der Waals surface area contributed by atoms with Gasteiger partial charge in [-0.25, -0.2) is 0 Å². The van der Waals surface area contributed by atoms with Crippen LogP contribution in [0, 0.1) is 0 Å². The molecule has 136 valence electrons. The van der Waals surface area contributed by atoms with Gasteiger partial charge in [-0.2, -0.15) is 0 Å². The largest absolute Gasteiger partial charge is 0.481 e. The van der Waals surface area contributed by atoms with Gasteiger partial charge >= 0.3 is 0 Å². The van der Waals surface area contributed by atoms with Crippen LogP contribution in [0.2, 0.25) is 0 Å². The highest BCUT2D eigenvalue weighted by Gasteiger charge is 2.24. The highest BCUT2D eigenvalue weighted by Crippen LogP contribution is 2.27. The zero-order valence-corrected chi connectivity index (χ0v) is 15.6. The van der Waals surface area contributed by atoms with Crippen molar-refractivity contribution in [1.29, 1.82) is 0 Å². The summed E-state index contributed by atoms with van der Waals surface area (Å²) < 4.78 is 5.83. The van der Waals surface area contributed by atoms with Gasteiger partial charge in [0.1, 0.15) is 5.75 Å². The topological polar surface area (TPSA) is 67.4 Å². The third-order valence-corrected chi connectivity index (χ3v) is 4.49. The van der Waals surface area contributed by atoms with Crippen molar-refractivity contribution in [1.82, 2.24) is 5.32 Å². The van der Waals surface area contributed by atoms with Crippen molar-refractivity contribution in [2.24, 2.45) is 0 Å². The predicted molar refractivity (Wildman–Crippen MR) is 101 cm³/mol. The van der Waals surface area contributed by atoms with E-state index in [2.05, 4.69) is 37.5 Å². The number of nitrogens with one attached hydrogen (secondary N) is 2. The molecule has 0 aromatic heterocycles. The molecular formula is C21H24N2O3. The Labute approximate surface area is 153 Å². The molecule has 2 aromatic carbocycles. The smallest absolute Gasteiger partial charge is 0.265 e. The van der Waals surface area contributed by atoms with Gasteiger partial charge in [-0.05, 0) is 42.2 Å². The Balaban J connectivity index is 1.71. The summed E-state index contributed by atoms with van der Waals surface area (Å²) in [5.41, 5.74) is 3.22. The first-order valence-corrected chi connectivity index (χ1v) is 8.74. The summed E-state index contributed by atoms with van der Waals surface area (Å²) in [4.78, 5) is 24.3. The van der Waals surface area contributed by atoms with Crippen LogP contribution in [-0.4, -0.2) is 17.9 Å². The Hall–Kier alpha value is -2.82. The standard InChI is InChI=1S/C21H24N2O3/c1-13(26-15-8-5-7-14(11-15)21(2,3)4)19(24)23-18-10-6-9-16-17(18)12-22-20(16)25/h5-11,13H,12H2,1-4H3,(H,22,25)(H,23,24)/t13-/m1/s1. The van der Waals surface area contributed by atoms with Gasteiger partial charge in [0.2, 0.25) is 0 Å². The van der Waals surface area contributed by atoms with Crippen LogP contribution in [0.25, 0.3) is 0 Å². The summed E-state index contributed by atoms with van der Waals surface area (Å²) in [6, 6.07) is 13.1. The van der Waals surface area contributed by atoms with Gasteiger partial charge in [-0.1, -0.05) is 39.0 Å². The molecule has 2 N–H and O–H groups in total. The van der Waals surface area contributed by atoms with E-state index >= 15 is 0 Å². The van der Waals surface area contributed by atoms with Crippen molar-refractivity contribution in [3.05, 3.63) is 59.2 Å². The van der Waals surface area contributed by atoms with Crippen LogP contribution in [-0.2, 0) is 16.8 Å².